The minimum atomic E-state index is -1.09. The summed E-state index contributed by atoms with van der Waals surface area (Å²) in [6, 6.07) is 10.3. The van der Waals surface area contributed by atoms with Gasteiger partial charge < -0.3 is 16.2 Å². The number of hydrogen-bond acceptors (Lipinski definition) is 4. The Kier molecular flexibility index (Phi) is 3.29. The third-order valence-corrected chi connectivity index (χ3v) is 2.24. The molecule has 92 valence electrons. The molecule has 0 aliphatic carbocycles. The van der Waals surface area contributed by atoms with E-state index in [4.69, 9.17) is 10.8 Å². The highest BCUT2D eigenvalue weighted by Gasteiger charge is 2.01. The van der Waals surface area contributed by atoms with Crippen LogP contribution in [0, 0.1) is 0 Å². The molecule has 0 aliphatic heterocycles. The van der Waals surface area contributed by atoms with Gasteiger partial charge in [-0.25, -0.2) is 9.78 Å². The Morgan fingerprint density at radius 3 is 2.44 bits per heavy atom. The van der Waals surface area contributed by atoms with Crippen LogP contribution in [0.15, 0.2) is 42.6 Å². The number of hydrogen-bond donors (Lipinski definition) is 4. The highest BCUT2D eigenvalue weighted by molar-refractivity contribution is 5.83. The summed E-state index contributed by atoms with van der Waals surface area (Å²) in [7, 11) is 0. The van der Waals surface area contributed by atoms with Gasteiger partial charge in [0.25, 0.3) is 0 Å². The number of nitrogens with two attached hydrogens (primary N) is 1. The zero-order valence-electron chi connectivity index (χ0n) is 9.42. The molecule has 6 nitrogen and oxygen atoms in total. The second kappa shape index (κ2) is 5.05. The Bertz CT molecular complexity index is 554. The molecule has 1 heterocycles. The van der Waals surface area contributed by atoms with Gasteiger partial charge in [0.05, 0.1) is 5.69 Å². The van der Waals surface area contributed by atoms with E-state index in [0.29, 0.717) is 17.2 Å². The first kappa shape index (κ1) is 11.7. The number of nitrogens with one attached hydrogen (secondary N) is 2. The van der Waals surface area contributed by atoms with Gasteiger partial charge in [0.2, 0.25) is 0 Å². The van der Waals surface area contributed by atoms with Gasteiger partial charge in [-0.05, 0) is 36.4 Å². The van der Waals surface area contributed by atoms with Crippen LogP contribution in [-0.4, -0.2) is 16.2 Å². The van der Waals surface area contributed by atoms with E-state index in [1.807, 2.05) is 0 Å². The van der Waals surface area contributed by atoms with E-state index < -0.39 is 6.09 Å². The summed E-state index contributed by atoms with van der Waals surface area (Å²) in [5.74, 6) is 0.566. The fourth-order valence-electron chi connectivity index (χ4n) is 1.42. The van der Waals surface area contributed by atoms with E-state index in [9.17, 15) is 4.79 Å². The van der Waals surface area contributed by atoms with Crippen molar-refractivity contribution >= 4 is 29.0 Å². The molecule has 0 aliphatic rings. The standard InChI is InChI=1S/C12H12N4O2/c13-10-2-1-7-14-11(10)15-8-3-5-9(6-4-8)16-12(17)18/h1-7,16H,13H2,(H,14,15)(H,17,18). The van der Waals surface area contributed by atoms with Crippen LogP contribution < -0.4 is 16.4 Å². The molecule has 6 heteroatoms. The lowest BCUT2D eigenvalue weighted by atomic mass is 10.2. The first-order chi connectivity index (χ1) is 8.65. The van der Waals surface area contributed by atoms with Crippen molar-refractivity contribution < 1.29 is 9.90 Å². The Labute approximate surface area is 103 Å². The van der Waals surface area contributed by atoms with E-state index >= 15 is 0 Å². The van der Waals surface area contributed by atoms with Crippen molar-refractivity contribution in [3.8, 4) is 0 Å². The molecule has 0 atom stereocenters. The molecule has 1 amide bonds. The fraction of sp³-hybridized carbons (Fsp3) is 0. The van der Waals surface area contributed by atoms with Crippen molar-refractivity contribution in [3.63, 3.8) is 0 Å². The monoisotopic (exact) mass is 244 g/mol. The molecule has 0 saturated carbocycles. The van der Waals surface area contributed by atoms with Gasteiger partial charge in [0, 0.05) is 17.6 Å². The molecule has 0 bridgehead atoms. The van der Waals surface area contributed by atoms with Gasteiger partial charge >= 0.3 is 6.09 Å². The minimum Gasteiger partial charge on any atom is -0.465 e. The Morgan fingerprint density at radius 1 is 1.17 bits per heavy atom. The summed E-state index contributed by atoms with van der Waals surface area (Å²) in [5.41, 5.74) is 7.57. The molecule has 0 saturated heterocycles. The van der Waals surface area contributed by atoms with Crippen LogP contribution in [0.5, 0.6) is 0 Å². The van der Waals surface area contributed by atoms with Crippen molar-refractivity contribution in [2.24, 2.45) is 0 Å². The first-order valence-corrected chi connectivity index (χ1v) is 5.22. The second-order valence-corrected chi connectivity index (χ2v) is 3.57. The van der Waals surface area contributed by atoms with Crippen molar-refractivity contribution in [2.45, 2.75) is 0 Å². The van der Waals surface area contributed by atoms with Gasteiger partial charge in [0.1, 0.15) is 0 Å². The Balaban J connectivity index is 2.11. The van der Waals surface area contributed by atoms with Gasteiger partial charge in [-0.3, -0.25) is 5.32 Å². The number of rotatable bonds is 3. The van der Waals surface area contributed by atoms with E-state index in [1.54, 1.807) is 42.6 Å². The lowest BCUT2D eigenvalue weighted by molar-refractivity contribution is 0.210. The van der Waals surface area contributed by atoms with Crippen LogP contribution in [0.25, 0.3) is 0 Å². The number of carbonyl (C=O) groups is 1. The van der Waals surface area contributed by atoms with Crippen LogP contribution in [0.2, 0.25) is 0 Å². The highest BCUT2D eigenvalue weighted by Crippen LogP contribution is 2.21. The third-order valence-electron chi connectivity index (χ3n) is 2.24. The number of nitrogen functional groups attached to an aromatic ring is 1. The van der Waals surface area contributed by atoms with E-state index in [1.165, 1.54) is 0 Å². The molecular formula is C12H12N4O2. The Hall–Kier alpha value is -2.76. The summed E-state index contributed by atoms with van der Waals surface area (Å²) in [5, 5.41) is 13.9. The largest absolute Gasteiger partial charge is 0.465 e. The average molecular weight is 244 g/mol. The summed E-state index contributed by atoms with van der Waals surface area (Å²) < 4.78 is 0. The fourth-order valence-corrected chi connectivity index (χ4v) is 1.42. The first-order valence-electron chi connectivity index (χ1n) is 5.22. The predicted octanol–water partition coefficient (Wildman–Crippen LogP) is 2.50. The van der Waals surface area contributed by atoms with Crippen LogP contribution >= 0.6 is 0 Å². The topological polar surface area (TPSA) is 100 Å². The number of benzene rings is 1. The summed E-state index contributed by atoms with van der Waals surface area (Å²) in [6.45, 7) is 0. The average Bonchev–Trinajstić information content (AvgIpc) is 2.34. The normalized spacial score (nSPS) is 9.78. The van der Waals surface area contributed by atoms with Gasteiger partial charge in [-0.2, -0.15) is 0 Å². The molecular weight excluding hydrogens is 232 g/mol. The van der Waals surface area contributed by atoms with Crippen molar-refractivity contribution in [1.82, 2.24) is 4.98 Å². The highest BCUT2D eigenvalue weighted by atomic mass is 16.4. The summed E-state index contributed by atoms with van der Waals surface area (Å²) in [6.07, 6.45) is 0.545. The number of carboxylic acid groups (broad SMARTS) is 1. The SMILES string of the molecule is Nc1cccnc1Nc1ccc(NC(=O)O)cc1. The summed E-state index contributed by atoms with van der Waals surface area (Å²) >= 11 is 0. The zero-order chi connectivity index (χ0) is 13.0. The molecule has 0 spiro atoms. The van der Waals surface area contributed by atoms with Crippen LogP contribution in [-0.2, 0) is 0 Å². The maximum absolute atomic E-state index is 10.4. The van der Waals surface area contributed by atoms with Crippen LogP contribution in [0.4, 0.5) is 27.7 Å². The smallest absolute Gasteiger partial charge is 0.409 e. The van der Waals surface area contributed by atoms with Gasteiger partial charge in [0.15, 0.2) is 5.82 Å². The van der Waals surface area contributed by atoms with Gasteiger partial charge in [-0.15, -0.1) is 0 Å². The molecule has 18 heavy (non-hydrogen) atoms. The maximum atomic E-state index is 10.4. The molecule has 0 radical (unpaired) electrons. The van der Waals surface area contributed by atoms with Crippen molar-refractivity contribution in [2.75, 3.05) is 16.4 Å². The lowest BCUT2D eigenvalue weighted by Crippen LogP contribution is -2.06. The van der Waals surface area contributed by atoms with Crippen LogP contribution in [0.1, 0.15) is 0 Å². The number of aromatic nitrogens is 1. The maximum Gasteiger partial charge on any atom is 0.409 e. The van der Waals surface area contributed by atoms with Crippen molar-refractivity contribution in [1.29, 1.82) is 0 Å². The molecule has 2 aromatic rings. The van der Waals surface area contributed by atoms with E-state index in [-0.39, 0.29) is 0 Å². The Morgan fingerprint density at radius 2 is 1.83 bits per heavy atom. The number of anilines is 4. The quantitative estimate of drug-likeness (QED) is 0.664. The van der Waals surface area contributed by atoms with E-state index in [2.05, 4.69) is 15.6 Å². The lowest BCUT2D eigenvalue weighted by Gasteiger charge is -2.08. The zero-order valence-corrected chi connectivity index (χ0v) is 9.42. The molecule has 1 aromatic heterocycles. The number of amides is 1. The number of nitrogens with zero attached hydrogens (tertiary/aromatic N) is 1. The molecule has 5 N–H and O–H groups in total. The van der Waals surface area contributed by atoms with Gasteiger partial charge in [-0.1, -0.05) is 0 Å². The minimum absolute atomic E-state index is 0.502. The second-order valence-electron chi connectivity index (χ2n) is 3.57. The third kappa shape index (κ3) is 2.88. The number of pyridine rings is 1. The predicted molar refractivity (Wildman–Crippen MR) is 70.0 cm³/mol. The molecule has 2 rings (SSSR count). The van der Waals surface area contributed by atoms with E-state index in [0.717, 1.165) is 5.69 Å². The summed E-state index contributed by atoms with van der Waals surface area (Å²) in [4.78, 5) is 14.5. The van der Waals surface area contributed by atoms with Crippen molar-refractivity contribution in [3.05, 3.63) is 42.6 Å². The molecule has 0 fully saturated rings. The molecule has 0 unspecified atom stereocenters. The van der Waals surface area contributed by atoms with Crippen LogP contribution in [0.3, 0.4) is 0 Å². The molecule has 1 aromatic carbocycles.